The van der Waals surface area contributed by atoms with E-state index in [4.69, 9.17) is 5.73 Å². The van der Waals surface area contributed by atoms with Crippen molar-refractivity contribution >= 4 is 47.3 Å². The number of hydrogen-bond acceptors (Lipinski definition) is 9. The van der Waals surface area contributed by atoms with Gasteiger partial charge in [0.2, 0.25) is 47.3 Å². The molecule has 0 aromatic heterocycles. The summed E-state index contributed by atoms with van der Waals surface area (Å²) in [5, 5.41) is 25.9. The third-order valence-corrected chi connectivity index (χ3v) is 9.52. The van der Waals surface area contributed by atoms with Crippen LogP contribution >= 0.6 is 0 Å². The first-order chi connectivity index (χ1) is 25.9. The number of amides is 8. The monoisotopic (exact) mass is 770 g/mol. The molecule has 0 spiro atoms. The van der Waals surface area contributed by atoms with E-state index >= 15 is 0 Å². The highest BCUT2D eigenvalue weighted by atomic mass is 16.3. The molecule has 0 unspecified atom stereocenters. The molecule has 2 heterocycles. The molecule has 8 amide bonds. The van der Waals surface area contributed by atoms with Crippen LogP contribution in [0.25, 0.3) is 0 Å². The number of hydrogen-bond donors (Lipinski definition) is 8. The van der Waals surface area contributed by atoms with E-state index in [2.05, 4.69) is 31.9 Å². The van der Waals surface area contributed by atoms with E-state index in [1.54, 1.807) is 58.0 Å². The summed E-state index contributed by atoms with van der Waals surface area (Å²) in [5.74, 6) is -7.02. The SMILES string of the molecule is CC(C)C[C@@H]1NC(=O)[C@H](CC(N)=O)NC(=O)[C@H](C(C)C)NC(=O)[C@H]2CCCN2C(=O)[C@H](CC(C)C)NC(=O)[C@H](Cc2ccccc2)NC(=O)[C@H](CO)NC1=O. The average Bonchev–Trinajstić information content (AvgIpc) is 3.60. The lowest BCUT2D eigenvalue weighted by molar-refractivity contribution is -0.143. The van der Waals surface area contributed by atoms with Gasteiger partial charge in [-0.05, 0) is 49.0 Å². The molecule has 2 saturated heterocycles. The first-order valence-electron chi connectivity index (χ1n) is 19.0. The predicted octanol–water partition coefficient (Wildman–Crippen LogP) is -1.24. The van der Waals surface area contributed by atoms with Crippen molar-refractivity contribution in [2.45, 2.75) is 122 Å². The van der Waals surface area contributed by atoms with E-state index in [0.29, 0.717) is 12.0 Å². The lowest BCUT2D eigenvalue weighted by Gasteiger charge is -2.32. The molecule has 17 nitrogen and oxygen atoms in total. The van der Waals surface area contributed by atoms with E-state index in [1.165, 1.54) is 4.90 Å². The van der Waals surface area contributed by atoms with Gasteiger partial charge in [-0.25, -0.2) is 0 Å². The number of fused-ring (bicyclic) bond motifs is 1. The van der Waals surface area contributed by atoms with E-state index < -0.39 is 108 Å². The number of carbonyl (C=O) groups excluding carboxylic acids is 8. The molecule has 304 valence electrons. The van der Waals surface area contributed by atoms with E-state index in [1.807, 2.05) is 13.8 Å². The first kappa shape index (κ1) is 44.3. The van der Waals surface area contributed by atoms with Gasteiger partial charge in [0.15, 0.2) is 0 Å². The summed E-state index contributed by atoms with van der Waals surface area (Å²) in [4.78, 5) is 110. The van der Waals surface area contributed by atoms with Gasteiger partial charge in [-0.3, -0.25) is 38.4 Å². The lowest BCUT2D eigenvalue weighted by atomic mass is 9.99. The summed E-state index contributed by atoms with van der Waals surface area (Å²) in [6.07, 6.45) is 0.373. The maximum absolute atomic E-state index is 14.2. The van der Waals surface area contributed by atoms with Gasteiger partial charge in [-0.15, -0.1) is 0 Å². The van der Waals surface area contributed by atoms with Crippen molar-refractivity contribution in [3.8, 4) is 0 Å². The smallest absolute Gasteiger partial charge is 0.245 e. The second kappa shape index (κ2) is 20.6. The maximum atomic E-state index is 14.2. The Morgan fingerprint density at radius 1 is 0.691 bits per heavy atom. The van der Waals surface area contributed by atoms with E-state index in [-0.39, 0.29) is 44.1 Å². The molecule has 0 aliphatic carbocycles. The van der Waals surface area contributed by atoms with Crippen molar-refractivity contribution in [1.82, 2.24) is 36.8 Å². The van der Waals surface area contributed by atoms with Gasteiger partial charge in [0.25, 0.3) is 0 Å². The van der Waals surface area contributed by atoms with Crippen LogP contribution in [0.5, 0.6) is 0 Å². The Bertz CT molecular complexity index is 1550. The van der Waals surface area contributed by atoms with Crippen molar-refractivity contribution in [2.75, 3.05) is 13.2 Å². The minimum atomic E-state index is -1.57. The highest BCUT2D eigenvalue weighted by molar-refractivity contribution is 5.99. The Hall–Kier alpha value is -5.06. The first-order valence-corrected chi connectivity index (χ1v) is 19.0. The summed E-state index contributed by atoms with van der Waals surface area (Å²) < 4.78 is 0. The fraction of sp³-hybridized carbons (Fsp3) is 0.632. The molecule has 0 bridgehead atoms. The number of carbonyl (C=O) groups is 8. The van der Waals surface area contributed by atoms with Gasteiger partial charge in [0.05, 0.1) is 13.0 Å². The molecular formula is C38H58N8O9. The quantitative estimate of drug-likeness (QED) is 0.141. The summed E-state index contributed by atoms with van der Waals surface area (Å²) >= 11 is 0. The molecular weight excluding hydrogens is 712 g/mol. The number of nitrogens with one attached hydrogen (secondary N) is 6. The van der Waals surface area contributed by atoms with Crippen molar-refractivity contribution in [3.63, 3.8) is 0 Å². The fourth-order valence-corrected chi connectivity index (χ4v) is 6.70. The Kier molecular flexibility index (Phi) is 16.6. The number of primary amides is 1. The Morgan fingerprint density at radius 2 is 1.20 bits per heavy atom. The summed E-state index contributed by atoms with van der Waals surface area (Å²) in [6.45, 7) is 9.98. The van der Waals surface area contributed by atoms with Crippen LogP contribution in [0.2, 0.25) is 0 Å². The van der Waals surface area contributed by atoms with Crippen LogP contribution in [0.3, 0.4) is 0 Å². The van der Waals surface area contributed by atoms with Gasteiger partial charge in [0.1, 0.15) is 42.3 Å². The van der Waals surface area contributed by atoms with Crippen LogP contribution in [-0.2, 0) is 44.8 Å². The van der Waals surface area contributed by atoms with Crippen molar-refractivity contribution in [3.05, 3.63) is 35.9 Å². The highest BCUT2D eigenvalue weighted by Gasteiger charge is 2.41. The van der Waals surface area contributed by atoms with Gasteiger partial charge < -0.3 is 47.6 Å². The number of aliphatic hydroxyl groups excluding tert-OH is 1. The largest absolute Gasteiger partial charge is 0.394 e. The van der Waals surface area contributed by atoms with Crippen LogP contribution in [0, 0.1) is 17.8 Å². The van der Waals surface area contributed by atoms with Gasteiger partial charge >= 0.3 is 0 Å². The lowest BCUT2D eigenvalue weighted by Crippen LogP contribution is -2.61. The van der Waals surface area contributed by atoms with Gasteiger partial charge in [-0.1, -0.05) is 71.9 Å². The van der Waals surface area contributed by atoms with Crippen LogP contribution < -0.4 is 37.6 Å². The van der Waals surface area contributed by atoms with Crippen LogP contribution in [0.1, 0.15) is 79.2 Å². The number of rotatable bonds is 10. The number of nitrogens with zero attached hydrogens (tertiary/aromatic N) is 1. The van der Waals surface area contributed by atoms with Crippen molar-refractivity contribution in [1.29, 1.82) is 0 Å². The normalized spacial score (nSPS) is 26.7. The second-order valence-corrected chi connectivity index (χ2v) is 15.5. The van der Waals surface area contributed by atoms with Crippen molar-refractivity contribution in [2.24, 2.45) is 23.5 Å². The Labute approximate surface area is 322 Å². The third kappa shape index (κ3) is 13.0. The molecule has 1 aromatic carbocycles. The maximum Gasteiger partial charge on any atom is 0.245 e. The average molecular weight is 771 g/mol. The summed E-state index contributed by atoms with van der Waals surface area (Å²) in [6, 6.07) is -0.144. The predicted molar refractivity (Wildman–Crippen MR) is 201 cm³/mol. The van der Waals surface area contributed by atoms with Crippen molar-refractivity contribution < 1.29 is 43.5 Å². The van der Waals surface area contributed by atoms with Gasteiger partial charge in [-0.2, -0.15) is 0 Å². The zero-order valence-electron chi connectivity index (χ0n) is 32.6. The van der Waals surface area contributed by atoms with Gasteiger partial charge in [0, 0.05) is 13.0 Å². The van der Waals surface area contributed by atoms with E-state index in [9.17, 15) is 43.5 Å². The summed E-state index contributed by atoms with van der Waals surface area (Å²) in [7, 11) is 0. The summed E-state index contributed by atoms with van der Waals surface area (Å²) in [5.41, 5.74) is 6.11. The number of benzene rings is 1. The molecule has 0 saturated carbocycles. The zero-order valence-corrected chi connectivity index (χ0v) is 32.6. The standard InChI is InChI=1S/C38H58N8O9/c1-20(2)15-24-32(49)44-28(19-47)35(52)41-25(17-23-11-8-7-9-12-23)33(50)43-27(16-21(3)4)38(55)46-14-10-13-29(46)36(53)45-31(22(5)6)37(54)42-26(18-30(39)48)34(51)40-24/h7-9,11-12,20-22,24-29,31,47H,10,13-19H2,1-6H3,(H2,39,48)(H,40,51)(H,41,52)(H,42,54)(H,43,50)(H,44,49)(H,45,53)/t24-,25-,26-,27-,28-,29+,31-/m0/s1. The van der Waals surface area contributed by atoms with Crippen LogP contribution in [-0.4, -0.2) is 113 Å². The number of aliphatic hydroxyl groups is 1. The topological polar surface area (TPSA) is 258 Å². The molecule has 7 atom stereocenters. The Balaban J connectivity index is 2.12. The molecule has 2 fully saturated rings. The molecule has 17 heteroatoms. The molecule has 9 N–H and O–H groups in total. The fourth-order valence-electron chi connectivity index (χ4n) is 6.70. The highest BCUT2D eigenvalue weighted by Crippen LogP contribution is 2.22. The molecule has 55 heavy (non-hydrogen) atoms. The Morgan fingerprint density at radius 3 is 1.78 bits per heavy atom. The minimum absolute atomic E-state index is 0.00720. The second-order valence-electron chi connectivity index (χ2n) is 15.5. The zero-order chi connectivity index (χ0) is 41.0. The minimum Gasteiger partial charge on any atom is -0.394 e. The molecule has 2 aliphatic rings. The number of nitrogens with two attached hydrogens (primary N) is 1. The molecule has 3 rings (SSSR count). The third-order valence-electron chi connectivity index (χ3n) is 9.52. The van der Waals surface area contributed by atoms with Crippen LogP contribution in [0.4, 0.5) is 0 Å². The molecule has 1 aromatic rings. The molecule has 0 radical (unpaired) electrons. The van der Waals surface area contributed by atoms with Crippen LogP contribution in [0.15, 0.2) is 30.3 Å². The molecule has 2 aliphatic heterocycles. The van der Waals surface area contributed by atoms with E-state index in [0.717, 1.165) is 0 Å².